The van der Waals surface area contributed by atoms with Crippen LogP contribution in [0.5, 0.6) is 0 Å². The van der Waals surface area contributed by atoms with Gasteiger partial charge in [-0.05, 0) is 54.6 Å². The number of hydrogen-bond acceptors (Lipinski definition) is 5. The van der Waals surface area contributed by atoms with Crippen molar-refractivity contribution in [3.63, 3.8) is 0 Å². The fourth-order valence-corrected chi connectivity index (χ4v) is 3.39. The lowest BCUT2D eigenvalue weighted by Gasteiger charge is -2.09. The lowest BCUT2D eigenvalue weighted by Crippen LogP contribution is -2.33. The number of rotatable bonds is 5. The number of amides is 1. The minimum absolute atomic E-state index is 0.0641. The van der Waals surface area contributed by atoms with E-state index in [1.165, 1.54) is 28.9 Å². The van der Waals surface area contributed by atoms with Crippen molar-refractivity contribution in [3.05, 3.63) is 97.3 Å². The zero-order valence-electron chi connectivity index (χ0n) is 16.0. The summed E-state index contributed by atoms with van der Waals surface area (Å²) in [5.74, 6) is -0.983. The molecule has 1 N–H and O–H groups in total. The molecule has 4 aromatic rings. The Balaban J connectivity index is 1.48. The summed E-state index contributed by atoms with van der Waals surface area (Å²) in [6, 6.07) is 15.2. The first kappa shape index (κ1) is 20.7. The molecule has 0 saturated heterocycles. The molecule has 0 aliphatic rings. The molecule has 0 aliphatic heterocycles. The van der Waals surface area contributed by atoms with Gasteiger partial charge in [0.15, 0.2) is 0 Å². The smallest absolute Gasteiger partial charge is 0.349 e. The lowest BCUT2D eigenvalue weighted by atomic mass is 10.1. The molecule has 0 unspecified atom stereocenters. The minimum Gasteiger partial charge on any atom is -0.422 e. The molecule has 2 aromatic heterocycles. The molecule has 0 spiro atoms. The molecule has 0 atom stereocenters. The average molecular weight is 484 g/mol. The first-order chi connectivity index (χ1) is 14.9. The summed E-state index contributed by atoms with van der Waals surface area (Å²) in [5.41, 5.74) is 0.283. The van der Waals surface area contributed by atoms with E-state index < -0.39 is 11.5 Å². The molecule has 0 radical (unpaired) electrons. The quantitative estimate of drug-likeness (QED) is 0.439. The summed E-state index contributed by atoms with van der Waals surface area (Å²) in [5, 5.41) is 7.46. The highest BCUT2D eigenvalue weighted by molar-refractivity contribution is 9.10. The van der Waals surface area contributed by atoms with E-state index in [0.29, 0.717) is 22.2 Å². The first-order valence-corrected chi connectivity index (χ1v) is 10.1. The van der Waals surface area contributed by atoms with E-state index in [4.69, 9.17) is 4.42 Å². The molecule has 9 heteroatoms. The molecule has 0 fully saturated rings. The zero-order valence-corrected chi connectivity index (χ0v) is 17.6. The first-order valence-electron chi connectivity index (χ1n) is 9.26. The fraction of sp³-hybridized carbons (Fsp3) is 0.0909. The van der Waals surface area contributed by atoms with Crippen LogP contribution >= 0.6 is 15.9 Å². The Morgan fingerprint density at radius 3 is 2.61 bits per heavy atom. The van der Waals surface area contributed by atoms with Crippen LogP contribution in [-0.4, -0.2) is 22.2 Å². The SMILES string of the molecule is O=C(NCCn1nc(-c2ccc(F)cc2)ccc1=O)c1cc2cc(Br)ccc2oc1=O. The number of carbonyl (C=O) groups excluding carboxylic acids is 1. The normalized spacial score (nSPS) is 10.9. The number of aromatic nitrogens is 2. The van der Waals surface area contributed by atoms with Crippen LogP contribution in [0.3, 0.4) is 0 Å². The van der Waals surface area contributed by atoms with E-state index >= 15 is 0 Å². The summed E-state index contributed by atoms with van der Waals surface area (Å²) in [6.07, 6.45) is 0. The molecule has 31 heavy (non-hydrogen) atoms. The summed E-state index contributed by atoms with van der Waals surface area (Å²) in [7, 11) is 0. The van der Waals surface area contributed by atoms with Gasteiger partial charge in [-0.1, -0.05) is 15.9 Å². The number of hydrogen-bond donors (Lipinski definition) is 1. The zero-order chi connectivity index (χ0) is 22.0. The number of benzene rings is 2. The van der Waals surface area contributed by atoms with Crippen molar-refractivity contribution in [2.45, 2.75) is 6.54 Å². The fourth-order valence-electron chi connectivity index (χ4n) is 3.01. The minimum atomic E-state index is -0.749. The Morgan fingerprint density at radius 2 is 1.84 bits per heavy atom. The highest BCUT2D eigenvalue weighted by Crippen LogP contribution is 2.19. The lowest BCUT2D eigenvalue weighted by molar-refractivity contribution is 0.0948. The molecule has 2 aromatic carbocycles. The molecule has 1 amide bonds. The van der Waals surface area contributed by atoms with Gasteiger partial charge in [-0.25, -0.2) is 13.9 Å². The van der Waals surface area contributed by atoms with Gasteiger partial charge in [0, 0.05) is 28.0 Å². The van der Waals surface area contributed by atoms with Crippen molar-refractivity contribution in [3.8, 4) is 11.3 Å². The number of nitrogens with zero attached hydrogens (tertiary/aromatic N) is 2. The van der Waals surface area contributed by atoms with E-state index in [2.05, 4.69) is 26.3 Å². The molecule has 7 nitrogen and oxygen atoms in total. The molecule has 2 heterocycles. The maximum Gasteiger partial charge on any atom is 0.349 e. The van der Waals surface area contributed by atoms with Gasteiger partial charge >= 0.3 is 5.63 Å². The second-order valence-electron chi connectivity index (χ2n) is 6.67. The van der Waals surface area contributed by atoms with E-state index in [1.807, 2.05) is 0 Å². The van der Waals surface area contributed by atoms with E-state index in [-0.39, 0.29) is 30.0 Å². The van der Waals surface area contributed by atoms with E-state index in [9.17, 15) is 18.8 Å². The van der Waals surface area contributed by atoms with Crippen molar-refractivity contribution < 1.29 is 13.6 Å². The third kappa shape index (κ3) is 4.61. The Bertz CT molecular complexity index is 1400. The summed E-state index contributed by atoms with van der Waals surface area (Å²) in [6.45, 7) is 0.151. The monoisotopic (exact) mass is 483 g/mol. The molecular weight excluding hydrogens is 469 g/mol. The van der Waals surface area contributed by atoms with Crippen molar-refractivity contribution in [2.75, 3.05) is 6.54 Å². The van der Waals surface area contributed by atoms with Gasteiger partial charge in [0.05, 0.1) is 12.2 Å². The van der Waals surface area contributed by atoms with Crippen LogP contribution in [-0.2, 0) is 6.54 Å². The van der Waals surface area contributed by atoms with Crippen LogP contribution in [0.2, 0.25) is 0 Å². The summed E-state index contributed by atoms with van der Waals surface area (Å²) >= 11 is 3.34. The molecule has 0 aliphatic carbocycles. The molecule has 4 rings (SSSR count). The largest absolute Gasteiger partial charge is 0.422 e. The van der Waals surface area contributed by atoms with Crippen molar-refractivity contribution >= 4 is 32.8 Å². The predicted molar refractivity (Wildman–Crippen MR) is 116 cm³/mol. The van der Waals surface area contributed by atoms with Gasteiger partial charge in [-0.2, -0.15) is 5.10 Å². The Morgan fingerprint density at radius 1 is 1.06 bits per heavy atom. The van der Waals surface area contributed by atoms with E-state index in [1.54, 1.807) is 36.4 Å². The topological polar surface area (TPSA) is 94.2 Å². The summed E-state index contributed by atoms with van der Waals surface area (Å²) in [4.78, 5) is 36.7. The van der Waals surface area contributed by atoms with Gasteiger partial charge in [0.1, 0.15) is 17.0 Å². The molecule has 156 valence electrons. The van der Waals surface area contributed by atoms with Crippen LogP contribution in [0.25, 0.3) is 22.2 Å². The molecule has 0 bridgehead atoms. The average Bonchev–Trinajstić information content (AvgIpc) is 2.75. The number of fused-ring (bicyclic) bond motifs is 1. The van der Waals surface area contributed by atoms with E-state index in [0.717, 1.165) is 4.47 Å². The molecule has 0 saturated carbocycles. The highest BCUT2D eigenvalue weighted by atomic mass is 79.9. The number of halogens is 2. The van der Waals surface area contributed by atoms with Crippen LogP contribution < -0.4 is 16.5 Å². The van der Waals surface area contributed by atoms with Gasteiger partial charge in [-0.15, -0.1) is 0 Å². The highest BCUT2D eigenvalue weighted by Gasteiger charge is 2.14. The van der Waals surface area contributed by atoms with Crippen LogP contribution in [0.4, 0.5) is 4.39 Å². The Labute approximate surface area is 183 Å². The third-order valence-corrected chi connectivity index (χ3v) is 5.05. The predicted octanol–water partition coefficient (Wildman–Crippen LogP) is 3.35. The number of carbonyl (C=O) groups is 1. The van der Waals surface area contributed by atoms with Gasteiger partial charge in [-0.3, -0.25) is 9.59 Å². The Kier molecular flexibility index (Phi) is 5.77. The van der Waals surface area contributed by atoms with Crippen molar-refractivity contribution in [1.29, 1.82) is 0 Å². The second kappa shape index (κ2) is 8.65. The van der Waals surface area contributed by atoms with Crippen molar-refractivity contribution in [1.82, 2.24) is 15.1 Å². The number of nitrogens with one attached hydrogen (secondary N) is 1. The second-order valence-corrected chi connectivity index (χ2v) is 7.59. The third-order valence-electron chi connectivity index (χ3n) is 4.55. The van der Waals surface area contributed by atoms with Gasteiger partial charge in [0.2, 0.25) is 0 Å². The maximum absolute atomic E-state index is 13.1. The van der Waals surface area contributed by atoms with Gasteiger partial charge in [0.25, 0.3) is 11.5 Å². The van der Waals surface area contributed by atoms with Gasteiger partial charge < -0.3 is 9.73 Å². The van der Waals surface area contributed by atoms with Crippen LogP contribution in [0, 0.1) is 5.82 Å². The molecular formula is C22H15BrFN3O4. The summed E-state index contributed by atoms with van der Waals surface area (Å²) < 4.78 is 20.3. The Hall–Kier alpha value is -3.59. The van der Waals surface area contributed by atoms with Crippen molar-refractivity contribution in [2.24, 2.45) is 0 Å². The van der Waals surface area contributed by atoms with Crippen LogP contribution in [0.15, 0.2) is 79.1 Å². The standard InChI is InChI=1S/C22H15BrFN3O4/c23-15-3-7-19-14(11-15)12-17(22(30)31-19)21(29)25-9-10-27-20(28)8-6-18(26-27)13-1-4-16(24)5-2-13/h1-8,11-12H,9-10H2,(H,25,29). The van der Waals surface area contributed by atoms with Crippen LogP contribution in [0.1, 0.15) is 10.4 Å². The maximum atomic E-state index is 13.1.